The SMILES string of the molecule is COC(=O)c1ccc(C)c(NC2C3CCOC3C2(C)C)c1. The smallest absolute Gasteiger partial charge is 0.337 e. The average Bonchev–Trinajstić information content (AvgIpc) is 2.92. The first-order valence-electron chi connectivity index (χ1n) is 7.52. The molecule has 3 unspecified atom stereocenters. The van der Waals surface area contributed by atoms with Gasteiger partial charge in [0.15, 0.2) is 0 Å². The van der Waals surface area contributed by atoms with Gasteiger partial charge in [0, 0.05) is 29.7 Å². The molecule has 1 aromatic carbocycles. The molecule has 2 aliphatic rings. The molecule has 114 valence electrons. The van der Waals surface area contributed by atoms with E-state index in [9.17, 15) is 4.79 Å². The highest BCUT2D eigenvalue weighted by Gasteiger charge is 2.59. The first-order valence-corrected chi connectivity index (χ1v) is 7.52. The van der Waals surface area contributed by atoms with E-state index in [1.165, 1.54) is 7.11 Å². The molecule has 1 heterocycles. The van der Waals surface area contributed by atoms with Crippen LogP contribution in [-0.4, -0.2) is 31.8 Å². The van der Waals surface area contributed by atoms with E-state index in [0.29, 0.717) is 23.6 Å². The molecule has 1 aromatic rings. The van der Waals surface area contributed by atoms with Crippen molar-refractivity contribution in [3.63, 3.8) is 0 Å². The number of methoxy groups -OCH3 is 1. The fourth-order valence-corrected chi connectivity index (χ4v) is 3.81. The quantitative estimate of drug-likeness (QED) is 0.869. The van der Waals surface area contributed by atoms with Crippen molar-refractivity contribution >= 4 is 11.7 Å². The van der Waals surface area contributed by atoms with Crippen LogP contribution in [-0.2, 0) is 9.47 Å². The topological polar surface area (TPSA) is 47.6 Å². The van der Waals surface area contributed by atoms with Gasteiger partial charge in [-0.3, -0.25) is 0 Å². The monoisotopic (exact) mass is 289 g/mol. The molecular weight excluding hydrogens is 266 g/mol. The van der Waals surface area contributed by atoms with Gasteiger partial charge in [-0.2, -0.15) is 0 Å². The lowest BCUT2D eigenvalue weighted by Crippen LogP contribution is -2.63. The highest BCUT2D eigenvalue weighted by Crippen LogP contribution is 2.53. The van der Waals surface area contributed by atoms with Crippen molar-refractivity contribution in [2.75, 3.05) is 19.0 Å². The molecule has 1 saturated heterocycles. The van der Waals surface area contributed by atoms with Crippen LogP contribution in [0.5, 0.6) is 0 Å². The fourth-order valence-electron chi connectivity index (χ4n) is 3.81. The molecule has 1 N–H and O–H groups in total. The molecule has 3 rings (SSSR count). The van der Waals surface area contributed by atoms with E-state index in [0.717, 1.165) is 24.3 Å². The van der Waals surface area contributed by atoms with Gasteiger partial charge in [0.25, 0.3) is 0 Å². The summed E-state index contributed by atoms with van der Waals surface area (Å²) >= 11 is 0. The number of nitrogens with one attached hydrogen (secondary N) is 1. The lowest BCUT2D eigenvalue weighted by molar-refractivity contribution is -0.0923. The molecule has 0 aromatic heterocycles. The van der Waals surface area contributed by atoms with Crippen molar-refractivity contribution in [2.24, 2.45) is 11.3 Å². The first-order chi connectivity index (χ1) is 9.95. The maximum atomic E-state index is 11.7. The molecule has 2 fully saturated rings. The summed E-state index contributed by atoms with van der Waals surface area (Å²) < 4.78 is 10.6. The van der Waals surface area contributed by atoms with Crippen LogP contribution in [0.15, 0.2) is 18.2 Å². The Morgan fingerprint density at radius 1 is 1.43 bits per heavy atom. The van der Waals surface area contributed by atoms with Crippen molar-refractivity contribution in [3.05, 3.63) is 29.3 Å². The van der Waals surface area contributed by atoms with E-state index >= 15 is 0 Å². The predicted octanol–water partition coefficient (Wildman–Crippen LogP) is 3.01. The number of carbonyl (C=O) groups excluding carboxylic acids is 1. The molecule has 21 heavy (non-hydrogen) atoms. The molecular formula is C17H23NO3. The van der Waals surface area contributed by atoms with Crippen LogP contribution in [0.25, 0.3) is 0 Å². The van der Waals surface area contributed by atoms with Gasteiger partial charge in [-0.25, -0.2) is 4.79 Å². The number of carbonyl (C=O) groups is 1. The first kappa shape index (κ1) is 14.4. The minimum atomic E-state index is -0.298. The minimum Gasteiger partial charge on any atom is -0.465 e. The van der Waals surface area contributed by atoms with Crippen LogP contribution in [0.1, 0.15) is 36.2 Å². The number of hydrogen-bond donors (Lipinski definition) is 1. The van der Waals surface area contributed by atoms with Crippen molar-refractivity contribution in [3.8, 4) is 0 Å². The molecule has 0 bridgehead atoms. The zero-order chi connectivity index (χ0) is 15.2. The van der Waals surface area contributed by atoms with E-state index in [1.807, 2.05) is 12.1 Å². The molecule has 1 aliphatic carbocycles. The Balaban J connectivity index is 1.83. The highest BCUT2D eigenvalue weighted by atomic mass is 16.5. The van der Waals surface area contributed by atoms with Crippen molar-refractivity contribution < 1.29 is 14.3 Å². The molecule has 1 saturated carbocycles. The third kappa shape index (κ3) is 2.22. The molecule has 0 amide bonds. The molecule has 0 radical (unpaired) electrons. The predicted molar refractivity (Wildman–Crippen MR) is 81.6 cm³/mol. The van der Waals surface area contributed by atoms with E-state index in [4.69, 9.17) is 9.47 Å². The maximum Gasteiger partial charge on any atom is 0.337 e. The van der Waals surface area contributed by atoms with Gasteiger partial charge >= 0.3 is 5.97 Å². The Morgan fingerprint density at radius 2 is 2.19 bits per heavy atom. The molecule has 0 spiro atoms. The van der Waals surface area contributed by atoms with E-state index < -0.39 is 0 Å². The average molecular weight is 289 g/mol. The summed E-state index contributed by atoms with van der Waals surface area (Å²) in [5.74, 6) is 0.272. The molecule has 3 atom stereocenters. The summed E-state index contributed by atoms with van der Waals surface area (Å²) in [5.41, 5.74) is 2.86. The number of benzene rings is 1. The number of aryl methyl sites for hydroxylation is 1. The summed E-state index contributed by atoms with van der Waals surface area (Å²) in [6.45, 7) is 7.41. The Morgan fingerprint density at radius 3 is 2.90 bits per heavy atom. The van der Waals surface area contributed by atoms with Crippen LogP contribution < -0.4 is 5.32 Å². The number of hydrogen-bond acceptors (Lipinski definition) is 4. The van der Waals surface area contributed by atoms with E-state index in [2.05, 4.69) is 26.1 Å². The maximum absolute atomic E-state index is 11.7. The fraction of sp³-hybridized carbons (Fsp3) is 0.588. The lowest BCUT2D eigenvalue weighted by atomic mass is 9.57. The summed E-state index contributed by atoms with van der Waals surface area (Å²) in [7, 11) is 1.41. The second kappa shape index (κ2) is 5.02. The largest absolute Gasteiger partial charge is 0.465 e. The molecule has 4 heteroatoms. The van der Waals surface area contributed by atoms with Crippen molar-refractivity contribution in [2.45, 2.75) is 39.3 Å². The summed E-state index contributed by atoms with van der Waals surface area (Å²) in [4.78, 5) is 11.7. The second-order valence-corrected chi connectivity index (χ2v) is 6.71. The summed E-state index contributed by atoms with van der Waals surface area (Å²) in [5, 5.41) is 3.64. The van der Waals surface area contributed by atoms with Crippen LogP contribution in [0.4, 0.5) is 5.69 Å². The number of rotatable bonds is 3. The Bertz CT molecular complexity index is 567. The van der Waals surface area contributed by atoms with Crippen molar-refractivity contribution in [1.82, 2.24) is 0 Å². The number of fused-ring (bicyclic) bond motifs is 1. The normalized spacial score (nSPS) is 29.4. The van der Waals surface area contributed by atoms with Crippen LogP contribution in [0, 0.1) is 18.3 Å². The van der Waals surface area contributed by atoms with Gasteiger partial charge in [-0.15, -0.1) is 0 Å². The lowest BCUT2D eigenvalue weighted by Gasteiger charge is -2.55. The van der Waals surface area contributed by atoms with Crippen LogP contribution in [0.3, 0.4) is 0 Å². The van der Waals surface area contributed by atoms with E-state index in [1.54, 1.807) is 6.07 Å². The molecule has 4 nitrogen and oxygen atoms in total. The third-order valence-electron chi connectivity index (χ3n) is 5.07. The minimum absolute atomic E-state index is 0.120. The standard InChI is InChI=1S/C17H23NO3/c1-10-5-6-11(16(19)20-4)9-13(10)18-14-12-7-8-21-15(12)17(14,2)3/h5-6,9,12,14-15,18H,7-8H2,1-4H3. The molecule has 1 aliphatic heterocycles. The number of ether oxygens (including phenoxy) is 2. The highest BCUT2D eigenvalue weighted by molar-refractivity contribution is 5.90. The summed E-state index contributed by atoms with van der Waals surface area (Å²) in [6, 6.07) is 6.04. The van der Waals surface area contributed by atoms with Gasteiger partial charge in [-0.1, -0.05) is 19.9 Å². The van der Waals surface area contributed by atoms with Gasteiger partial charge in [0.1, 0.15) is 0 Å². The van der Waals surface area contributed by atoms with Gasteiger partial charge in [-0.05, 0) is 31.0 Å². The third-order valence-corrected chi connectivity index (χ3v) is 5.07. The second-order valence-electron chi connectivity index (χ2n) is 6.71. The van der Waals surface area contributed by atoms with Gasteiger partial charge in [0.2, 0.25) is 0 Å². The summed E-state index contributed by atoms with van der Waals surface area (Å²) in [6.07, 6.45) is 1.47. The number of esters is 1. The Kier molecular flexibility index (Phi) is 3.44. The van der Waals surface area contributed by atoms with Crippen LogP contribution >= 0.6 is 0 Å². The zero-order valence-corrected chi connectivity index (χ0v) is 13.1. The zero-order valence-electron chi connectivity index (χ0n) is 13.1. The Hall–Kier alpha value is -1.55. The van der Waals surface area contributed by atoms with Gasteiger partial charge in [0.05, 0.1) is 18.8 Å². The van der Waals surface area contributed by atoms with Crippen molar-refractivity contribution in [1.29, 1.82) is 0 Å². The number of anilines is 1. The Labute approximate surface area is 125 Å². The van der Waals surface area contributed by atoms with Gasteiger partial charge < -0.3 is 14.8 Å². The van der Waals surface area contributed by atoms with Crippen LogP contribution in [0.2, 0.25) is 0 Å². The van der Waals surface area contributed by atoms with E-state index in [-0.39, 0.29) is 11.4 Å².